The summed E-state index contributed by atoms with van der Waals surface area (Å²) < 4.78 is 2.43. The molecule has 0 bridgehead atoms. The smallest absolute Gasteiger partial charge is 0.164 e. The van der Waals surface area contributed by atoms with Crippen LogP contribution in [0.3, 0.4) is 0 Å². The maximum atomic E-state index is 5.14. The van der Waals surface area contributed by atoms with E-state index in [1.807, 2.05) is 60.7 Å². The van der Waals surface area contributed by atoms with Gasteiger partial charge < -0.3 is 4.57 Å². The third-order valence-corrected chi connectivity index (χ3v) is 11.4. The molecular weight excluding hydrogens is 741 g/mol. The van der Waals surface area contributed by atoms with Gasteiger partial charge in [-0.05, 0) is 80.9 Å². The number of benzene rings is 9. The van der Waals surface area contributed by atoms with Crippen LogP contribution in [0.5, 0.6) is 0 Å². The number of aromatic nitrogens is 4. The molecule has 0 aliphatic carbocycles. The van der Waals surface area contributed by atoms with Crippen molar-refractivity contribution in [3.63, 3.8) is 0 Å². The molecule has 286 valence electrons. The van der Waals surface area contributed by atoms with E-state index in [-0.39, 0.29) is 0 Å². The Hall–Kier alpha value is -8.21. The van der Waals surface area contributed by atoms with Crippen molar-refractivity contribution in [2.24, 2.45) is 0 Å². The van der Waals surface area contributed by atoms with Gasteiger partial charge >= 0.3 is 0 Å². The van der Waals surface area contributed by atoms with E-state index in [0.717, 1.165) is 66.6 Å². The predicted molar refractivity (Wildman–Crippen MR) is 252 cm³/mol. The minimum absolute atomic E-state index is 0.617. The summed E-state index contributed by atoms with van der Waals surface area (Å²) in [4.78, 5) is 15.3. The number of rotatable bonds is 8. The fourth-order valence-corrected chi connectivity index (χ4v) is 8.48. The van der Waals surface area contributed by atoms with Crippen LogP contribution in [-0.4, -0.2) is 19.5 Å². The molecule has 0 spiro atoms. The monoisotopic (exact) mass is 778 g/mol. The molecule has 11 rings (SSSR count). The molecule has 2 heterocycles. The van der Waals surface area contributed by atoms with Crippen LogP contribution in [-0.2, 0) is 0 Å². The van der Waals surface area contributed by atoms with Gasteiger partial charge in [-0.2, -0.15) is 0 Å². The molecule has 4 nitrogen and oxygen atoms in total. The van der Waals surface area contributed by atoms with Gasteiger partial charge in [-0.3, -0.25) is 0 Å². The Labute approximate surface area is 354 Å². The van der Waals surface area contributed by atoms with Crippen molar-refractivity contribution in [1.29, 1.82) is 0 Å². The molecule has 0 N–H and O–H groups in total. The summed E-state index contributed by atoms with van der Waals surface area (Å²) in [7, 11) is 0. The average Bonchev–Trinajstić information content (AvgIpc) is 3.68. The van der Waals surface area contributed by atoms with E-state index in [2.05, 4.69) is 174 Å². The van der Waals surface area contributed by atoms with E-state index in [9.17, 15) is 0 Å². The van der Waals surface area contributed by atoms with Gasteiger partial charge in [0.05, 0.1) is 11.0 Å². The summed E-state index contributed by atoms with van der Waals surface area (Å²) in [6.07, 6.45) is 0. The summed E-state index contributed by atoms with van der Waals surface area (Å²) in [5, 5.41) is 2.34. The predicted octanol–water partition coefficient (Wildman–Crippen LogP) is 14.6. The van der Waals surface area contributed by atoms with Crippen molar-refractivity contribution in [2.45, 2.75) is 0 Å². The number of nitrogens with zero attached hydrogens (tertiary/aromatic N) is 4. The highest BCUT2D eigenvalue weighted by Crippen LogP contribution is 2.43. The first-order chi connectivity index (χ1) is 30.2. The first-order valence-electron chi connectivity index (χ1n) is 20.6. The fraction of sp³-hybridized carbons (Fsp3) is 0. The van der Waals surface area contributed by atoms with Gasteiger partial charge in [-0.15, -0.1) is 0 Å². The quantitative estimate of drug-likeness (QED) is 0.154. The van der Waals surface area contributed by atoms with Gasteiger partial charge in [0, 0.05) is 33.2 Å². The van der Waals surface area contributed by atoms with E-state index in [1.165, 1.54) is 22.1 Å². The number of hydrogen-bond acceptors (Lipinski definition) is 3. The zero-order chi connectivity index (χ0) is 40.5. The van der Waals surface area contributed by atoms with E-state index in [1.54, 1.807) is 0 Å². The SMILES string of the molecule is c1ccc(-c2cccc(-c3cccc(-n4c5cc(-c6nc(-c7ccccc7)nc(-c7ccccc7)n6)ccc5c5c(-c6ccccc6)cc(-c6ccccc6)cc54)c3)c2)cc1. The van der Waals surface area contributed by atoms with Gasteiger partial charge in [0.1, 0.15) is 0 Å². The number of fused-ring (bicyclic) bond motifs is 3. The van der Waals surface area contributed by atoms with Crippen molar-refractivity contribution in [2.75, 3.05) is 0 Å². The van der Waals surface area contributed by atoms with Crippen LogP contribution < -0.4 is 0 Å². The maximum Gasteiger partial charge on any atom is 0.164 e. The molecule has 0 amide bonds. The van der Waals surface area contributed by atoms with E-state index in [4.69, 9.17) is 15.0 Å². The Morgan fingerprint density at radius 1 is 0.262 bits per heavy atom. The third kappa shape index (κ3) is 6.86. The Bertz CT molecular complexity index is 3270. The molecule has 4 heteroatoms. The highest BCUT2D eigenvalue weighted by atomic mass is 15.0. The lowest BCUT2D eigenvalue weighted by molar-refractivity contribution is 1.07. The lowest BCUT2D eigenvalue weighted by Gasteiger charge is -2.14. The zero-order valence-electron chi connectivity index (χ0n) is 33.2. The Morgan fingerprint density at radius 2 is 0.689 bits per heavy atom. The highest BCUT2D eigenvalue weighted by molar-refractivity contribution is 6.17. The topological polar surface area (TPSA) is 43.6 Å². The van der Waals surface area contributed by atoms with E-state index in [0.29, 0.717) is 17.5 Å². The highest BCUT2D eigenvalue weighted by Gasteiger charge is 2.21. The first-order valence-corrected chi connectivity index (χ1v) is 20.6. The van der Waals surface area contributed by atoms with E-state index < -0.39 is 0 Å². The minimum Gasteiger partial charge on any atom is -0.309 e. The molecule has 0 unspecified atom stereocenters. The standard InChI is InChI=1S/C57H38N4/c1-6-18-39(19-7-1)44-28-16-29-45(34-44)46-30-17-31-49(35-46)61-52-37-47(57-59-55(42-24-12-4-13-25-42)58-56(60-57)43-26-14-5-15-27-43)32-33-50(52)54-51(41-22-10-3-11-23-41)36-48(38-53(54)61)40-20-8-2-9-21-40/h1-38H. The van der Waals surface area contributed by atoms with Crippen LogP contribution >= 0.6 is 0 Å². The van der Waals surface area contributed by atoms with Crippen molar-refractivity contribution in [3.8, 4) is 84.4 Å². The average molecular weight is 779 g/mol. The second-order valence-corrected chi connectivity index (χ2v) is 15.3. The van der Waals surface area contributed by atoms with Crippen LogP contribution in [0, 0.1) is 0 Å². The Kier molecular flexibility index (Phi) is 9.14. The third-order valence-electron chi connectivity index (χ3n) is 11.4. The zero-order valence-corrected chi connectivity index (χ0v) is 33.2. The lowest BCUT2D eigenvalue weighted by Crippen LogP contribution is -2.00. The van der Waals surface area contributed by atoms with Crippen LogP contribution in [0.15, 0.2) is 231 Å². The van der Waals surface area contributed by atoms with Gasteiger partial charge in [-0.25, -0.2) is 15.0 Å². The van der Waals surface area contributed by atoms with Crippen molar-refractivity contribution in [3.05, 3.63) is 231 Å². The lowest BCUT2D eigenvalue weighted by atomic mass is 9.94. The van der Waals surface area contributed by atoms with Crippen LogP contribution in [0.4, 0.5) is 0 Å². The Balaban J connectivity index is 1.18. The van der Waals surface area contributed by atoms with Crippen LogP contribution in [0.1, 0.15) is 0 Å². The van der Waals surface area contributed by atoms with Crippen LogP contribution in [0.2, 0.25) is 0 Å². The molecule has 0 aliphatic rings. The molecular formula is C57H38N4. The second-order valence-electron chi connectivity index (χ2n) is 15.3. The maximum absolute atomic E-state index is 5.14. The largest absolute Gasteiger partial charge is 0.309 e. The molecule has 11 aromatic rings. The Morgan fingerprint density at radius 3 is 1.26 bits per heavy atom. The summed E-state index contributed by atoms with van der Waals surface area (Å²) >= 11 is 0. The summed E-state index contributed by atoms with van der Waals surface area (Å²) in [6.45, 7) is 0. The molecule has 0 atom stereocenters. The minimum atomic E-state index is 0.617. The van der Waals surface area contributed by atoms with Gasteiger partial charge in [0.2, 0.25) is 0 Å². The van der Waals surface area contributed by atoms with Crippen molar-refractivity contribution in [1.82, 2.24) is 19.5 Å². The van der Waals surface area contributed by atoms with Gasteiger partial charge in [0.25, 0.3) is 0 Å². The summed E-state index contributed by atoms with van der Waals surface area (Å²) in [5.74, 6) is 1.88. The van der Waals surface area contributed by atoms with Gasteiger partial charge in [-0.1, -0.05) is 194 Å². The molecule has 61 heavy (non-hydrogen) atoms. The van der Waals surface area contributed by atoms with Gasteiger partial charge in [0.15, 0.2) is 17.5 Å². The molecule has 0 saturated carbocycles. The van der Waals surface area contributed by atoms with Crippen molar-refractivity contribution < 1.29 is 0 Å². The normalized spacial score (nSPS) is 11.3. The van der Waals surface area contributed by atoms with Crippen LogP contribution in [0.25, 0.3) is 106 Å². The summed E-state index contributed by atoms with van der Waals surface area (Å²) in [6, 6.07) is 81.4. The van der Waals surface area contributed by atoms with Crippen molar-refractivity contribution >= 4 is 21.8 Å². The first kappa shape index (κ1) is 35.9. The molecule has 0 radical (unpaired) electrons. The molecule has 2 aromatic heterocycles. The fourth-order valence-electron chi connectivity index (χ4n) is 8.48. The summed E-state index contributed by atoms with van der Waals surface area (Å²) in [5.41, 5.74) is 15.4. The molecule has 0 fully saturated rings. The number of hydrogen-bond donors (Lipinski definition) is 0. The second kappa shape index (κ2) is 15.5. The molecule has 0 saturated heterocycles. The van der Waals surface area contributed by atoms with E-state index >= 15 is 0 Å². The molecule has 9 aromatic carbocycles. The molecule has 0 aliphatic heterocycles.